The van der Waals surface area contributed by atoms with E-state index in [-0.39, 0.29) is 41.2 Å². The molecule has 1 saturated heterocycles. The smallest absolute Gasteiger partial charge is 0.317 e. The zero-order valence-electron chi connectivity index (χ0n) is 17.5. The lowest BCUT2D eigenvalue weighted by molar-refractivity contribution is -0.317. The third-order valence-electron chi connectivity index (χ3n) is 7.28. The summed E-state index contributed by atoms with van der Waals surface area (Å²) < 4.78 is 4.97. The summed E-state index contributed by atoms with van der Waals surface area (Å²) in [5, 5.41) is 9.59. The molecule has 2 rings (SSSR count). The maximum Gasteiger partial charge on any atom is 0.317 e. The van der Waals surface area contributed by atoms with E-state index in [0.29, 0.717) is 12.3 Å². The highest BCUT2D eigenvalue weighted by molar-refractivity contribution is 5.96. The molecule has 0 amide bonds. The molecule has 27 heavy (non-hydrogen) atoms. The van der Waals surface area contributed by atoms with Gasteiger partial charge in [-0.15, -0.1) is 0 Å². The molecule has 4 atom stereocenters. The Hall–Kier alpha value is -0.940. The first-order valence-electron chi connectivity index (χ1n) is 10.9. The second kappa shape index (κ2) is 10.0. The van der Waals surface area contributed by atoms with E-state index in [1.165, 1.54) is 19.3 Å². The van der Waals surface area contributed by atoms with Gasteiger partial charge in [0.1, 0.15) is 6.10 Å². The molecule has 1 aliphatic carbocycles. The summed E-state index contributed by atoms with van der Waals surface area (Å²) in [6, 6.07) is 0. The van der Waals surface area contributed by atoms with Gasteiger partial charge < -0.3 is 4.74 Å². The van der Waals surface area contributed by atoms with Crippen molar-refractivity contribution in [2.45, 2.75) is 98.0 Å². The van der Waals surface area contributed by atoms with Crippen molar-refractivity contribution in [3.63, 3.8) is 0 Å². The summed E-state index contributed by atoms with van der Waals surface area (Å²) in [6.45, 7) is 8.54. The molecule has 4 unspecified atom stereocenters. The van der Waals surface area contributed by atoms with E-state index < -0.39 is 0 Å². The van der Waals surface area contributed by atoms with E-state index in [0.717, 1.165) is 38.5 Å². The maximum atomic E-state index is 12.2. The van der Waals surface area contributed by atoms with Crippen molar-refractivity contribution in [1.29, 1.82) is 0 Å². The maximum absolute atomic E-state index is 12.2. The molecule has 2 aliphatic rings. The fourth-order valence-electron chi connectivity index (χ4n) is 5.30. The highest BCUT2D eigenvalue weighted by Crippen LogP contribution is 2.44. The number of rotatable bonds is 10. The van der Waals surface area contributed by atoms with Crippen molar-refractivity contribution in [3.05, 3.63) is 0 Å². The molecule has 1 N–H and O–H groups in total. The summed E-state index contributed by atoms with van der Waals surface area (Å²) in [4.78, 5) is 29.4. The zero-order valence-corrected chi connectivity index (χ0v) is 17.5. The molecule has 0 bridgehead atoms. The van der Waals surface area contributed by atoms with E-state index in [4.69, 9.17) is 9.62 Å². The minimum absolute atomic E-state index is 0.0205. The van der Waals surface area contributed by atoms with Gasteiger partial charge in [0.25, 0.3) is 0 Å². The number of esters is 2. The molecular formula is C22H38O5. The van der Waals surface area contributed by atoms with Crippen LogP contribution >= 0.6 is 0 Å². The largest absolute Gasteiger partial charge is 0.393 e. The average molecular weight is 383 g/mol. The first-order valence-corrected chi connectivity index (χ1v) is 10.9. The van der Waals surface area contributed by atoms with Gasteiger partial charge in [-0.2, -0.15) is 0 Å². The molecule has 0 spiro atoms. The second-order valence-corrected chi connectivity index (χ2v) is 9.17. The Morgan fingerprint density at radius 1 is 1.11 bits per heavy atom. The van der Waals surface area contributed by atoms with Crippen LogP contribution in [0.5, 0.6) is 0 Å². The molecule has 5 heteroatoms. The van der Waals surface area contributed by atoms with Crippen molar-refractivity contribution in [1.82, 2.24) is 0 Å². The fourth-order valence-corrected chi connectivity index (χ4v) is 5.30. The van der Waals surface area contributed by atoms with Gasteiger partial charge in [-0.3, -0.25) is 14.8 Å². The molecule has 0 aromatic carbocycles. The van der Waals surface area contributed by atoms with Gasteiger partial charge >= 0.3 is 11.9 Å². The lowest BCUT2D eigenvalue weighted by atomic mass is 9.67. The molecule has 0 aromatic rings. The third-order valence-corrected chi connectivity index (χ3v) is 7.28. The minimum Gasteiger partial charge on any atom is -0.393 e. The predicted molar refractivity (Wildman–Crippen MR) is 104 cm³/mol. The molecule has 5 nitrogen and oxygen atoms in total. The minimum atomic E-state index is -0.367. The summed E-state index contributed by atoms with van der Waals surface area (Å²) in [7, 11) is 0. The topological polar surface area (TPSA) is 72.8 Å². The van der Waals surface area contributed by atoms with Crippen LogP contribution in [0.25, 0.3) is 0 Å². The van der Waals surface area contributed by atoms with Crippen LogP contribution in [0, 0.1) is 29.1 Å². The van der Waals surface area contributed by atoms with Crippen molar-refractivity contribution >= 4 is 11.9 Å². The van der Waals surface area contributed by atoms with Crippen molar-refractivity contribution < 1.29 is 24.5 Å². The molecule has 0 aromatic heterocycles. The molecule has 1 heterocycles. The number of ether oxygens (including phenoxy) is 1. The Bertz CT molecular complexity index is 493. The second-order valence-electron chi connectivity index (χ2n) is 9.17. The molecule has 0 radical (unpaired) electrons. The summed E-state index contributed by atoms with van der Waals surface area (Å²) in [5.41, 5.74) is -0.0205. The van der Waals surface area contributed by atoms with E-state index in [2.05, 4.69) is 27.7 Å². The van der Waals surface area contributed by atoms with Crippen LogP contribution in [-0.2, 0) is 19.2 Å². The fraction of sp³-hybridized carbons (Fsp3) is 0.909. The SMILES string of the molecule is CCC(CC)CC1C(=O)OC(=O)C1CCC(C)C(OO)C1(C)CCCCC1. The Balaban J connectivity index is 1.99. The van der Waals surface area contributed by atoms with Crippen LogP contribution in [0.2, 0.25) is 0 Å². The van der Waals surface area contributed by atoms with Crippen LogP contribution in [0.4, 0.5) is 0 Å². The lowest BCUT2D eigenvalue weighted by Crippen LogP contribution is -2.40. The zero-order chi connectivity index (χ0) is 20.0. The van der Waals surface area contributed by atoms with Gasteiger partial charge in [0.05, 0.1) is 11.8 Å². The van der Waals surface area contributed by atoms with Gasteiger partial charge in [0, 0.05) is 0 Å². The van der Waals surface area contributed by atoms with E-state index in [1.807, 2.05) is 0 Å². The van der Waals surface area contributed by atoms with Gasteiger partial charge in [-0.25, -0.2) is 4.89 Å². The van der Waals surface area contributed by atoms with Crippen molar-refractivity contribution in [3.8, 4) is 0 Å². The standard InChI is InChI=1S/C22H38O5/c1-5-16(6-2)14-18-17(20(23)26-21(18)24)11-10-15(3)19(27-25)22(4)12-8-7-9-13-22/h15-19,25H,5-14H2,1-4H3. The monoisotopic (exact) mass is 382 g/mol. The van der Waals surface area contributed by atoms with Gasteiger partial charge in [0.15, 0.2) is 0 Å². The molecular weight excluding hydrogens is 344 g/mol. The number of carbonyl (C=O) groups is 2. The van der Waals surface area contributed by atoms with E-state index in [9.17, 15) is 14.8 Å². The van der Waals surface area contributed by atoms with Crippen LogP contribution in [0.1, 0.15) is 91.9 Å². The van der Waals surface area contributed by atoms with Crippen molar-refractivity contribution in [2.24, 2.45) is 29.1 Å². The highest BCUT2D eigenvalue weighted by atomic mass is 17.1. The van der Waals surface area contributed by atoms with Crippen LogP contribution in [0.3, 0.4) is 0 Å². The van der Waals surface area contributed by atoms with Crippen LogP contribution in [-0.4, -0.2) is 23.3 Å². The van der Waals surface area contributed by atoms with Crippen LogP contribution < -0.4 is 0 Å². The molecule has 1 saturated carbocycles. The molecule has 156 valence electrons. The Labute approximate surface area is 164 Å². The summed E-state index contributed by atoms with van der Waals surface area (Å²) >= 11 is 0. The molecule has 2 fully saturated rings. The number of carbonyl (C=O) groups excluding carboxylic acids is 2. The lowest BCUT2D eigenvalue weighted by Gasteiger charge is -2.41. The average Bonchev–Trinajstić information content (AvgIpc) is 2.91. The van der Waals surface area contributed by atoms with Gasteiger partial charge in [0.2, 0.25) is 0 Å². The third kappa shape index (κ3) is 5.32. The summed E-state index contributed by atoms with van der Waals surface area (Å²) in [6.07, 6.45) is 9.58. The molecule has 1 aliphatic heterocycles. The number of hydrogen-bond acceptors (Lipinski definition) is 5. The Kier molecular flexibility index (Phi) is 8.29. The van der Waals surface area contributed by atoms with Gasteiger partial charge in [-0.05, 0) is 49.4 Å². The number of hydrogen-bond donors (Lipinski definition) is 1. The quantitative estimate of drug-likeness (QED) is 0.238. The summed E-state index contributed by atoms with van der Waals surface area (Å²) in [5.74, 6) is -0.807. The Morgan fingerprint density at radius 2 is 1.70 bits per heavy atom. The van der Waals surface area contributed by atoms with Gasteiger partial charge in [-0.1, -0.05) is 59.8 Å². The first kappa shape index (κ1) is 22.4. The Morgan fingerprint density at radius 3 is 2.26 bits per heavy atom. The van der Waals surface area contributed by atoms with E-state index >= 15 is 0 Å². The first-order chi connectivity index (χ1) is 12.9. The highest BCUT2D eigenvalue weighted by Gasteiger charge is 2.45. The number of cyclic esters (lactones) is 2. The predicted octanol–water partition coefficient (Wildman–Crippen LogP) is 5.37. The normalized spacial score (nSPS) is 27.6. The van der Waals surface area contributed by atoms with Crippen molar-refractivity contribution in [2.75, 3.05) is 0 Å². The van der Waals surface area contributed by atoms with E-state index in [1.54, 1.807) is 0 Å². The van der Waals surface area contributed by atoms with Crippen LogP contribution in [0.15, 0.2) is 0 Å².